The monoisotopic (exact) mass is 834 g/mol. The van der Waals surface area contributed by atoms with E-state index in [1.807, 2.05) is 80.7 Å². The summed E-state index contributed by atoms with van der Waals surface area (Å²) in [6, 6.07) is 19.1. The van der Waals surface area contributed by atoms with E-state index in [-0.39, 0.29) is 11.4 Å². The van der Waals surface area contributed by atoms with E-state index < -0.39 is 20.2 Å². The van der Waals surface area contributed by atoms with Gasteiger partial charge < -0.3 is 29.9 Å². The Morgan fingerprint density at radius 1 is 0.860 bits per heavy atom. The van der Waals surface area contributed by atoms with Gasteiger partial charge in [0.05, 0.1) is 22.8 Å². The predicted octanol–water partition coefficient (Wildman–Crippen LogP) is 10.4. The Labute approximate surface area is 340 Å². The van der Waals surface area contributed by atoms with Crippen LogP contribution in [0.15, 0.2) is 113 Å². The molecule has 3 aliphatic rings. The van der Waals surface area contributed by atoms with Crippen molar-refractivity contribution in [2.24, 2.45) is 7.05 Å². The second-order valence-corrected chi connectivity index (χ2v) is 17.2. The first-order valence-corrected chi connectivity index (χ1v) is 21.2. The molecule has 0 atom stereocenters. The van der Waals surface area contributed by atoms with E-state index in [4.69, 9.17) is 11.6 Å². The third-order valence-corrected chi connectivity index (χ3v) is 13.1. The van der Waals surface area contributed by atoms with E-state index in [0.29, 0.717) is 16.3 Å². The highest BCUT2D eigenvalue weighted by Gasteiger charge is 2.48. The molecule has 0 radical (unpaired) electrons. The molecular formula is C42H42ClF3N6O3S2. The van der Waals surface area contributed by atoms with Gasteiger partial charge in [-0.2, -0.15) is 13.2 Å². The zero-order valence-corrected chi connectivity index (χ0v) is 33.8. The van der Waals surface area contributed by atoms with Crippen LogP contribution >= 0.6 is 23.5 Å². The van der Waals surface area contributed by atoms with Crippen molar-refractivity contribution in [2.75, 3.05) is 46.7 Å². The molecule has 1 saturated heterocycles. The van der Waals surface area contributed by atoms with Crippen LogP contribution < -0.4 is 20.5 Å². The van der Waals surface area contributed by atoms with Crippen LogP contribution in [0.2, 0.25) is 5.02 Å². The predicted molar refractivity (Wildman–Crippen MR) is 226 cm³/mol. The Morgan fingerprint density at radius 3 is 2.21 bits per heavy atom. The van der Waals surface area contributed by atoms with Gasteiger partial charge in [0.15, 0.2) is 6.29 Å². The number of carbonyl (C=O) groups is 1. The first-order valence-electron chi connectivity index (χ1n) is 18.5. The van der Waals surface area contributed by atoms with Gasteiger partial charge in [-0.25, -0.2) is 8.42 Å². The first kappa shape index (κ1) is 40.2. The van der Waals surface area contributed by atoms with Crippen LogP contribution in [-0.4, -0.2) is 55.9 Å². The fraction of sp³-hybridized carbons (Fsp3) is 0.262. The molecule has 57 heavy (non-hydrogen) atoms. The number of benzene rings is 3. The highest BCUT2D eigenvalue weighted by Crippen LogP contribution is 2.40. The molecule has 1 aliphatic heterocycles. The molecule has 15 heteroatoms. The maximum Gasteiger partial charge on any atom is 0.501 e. The molecule has 7 rings (SSSR count). The van der Waals surface area contributed by atoms with Gasteiger partial charge in [0.1, 0.15) is 4.90 Å². The number of nitrogens with one attached hydrogen (secondary N) is 3. The molecule has 1 aromatic heterocycles. The Morgan fingerprint density at radius 2 is 1.54 bits per heavy atom. The molecule has 0 amide bonds. The van der Waals surface area contributed by atoms with Crippen LogP contribution in [0, 0.1) is 6.92 Å². The van der Waals surface area contributed by atoms with E-state index in [9.17, 15) is 26.4 Å². The average Bonchev–Trinajstić information content (AvgIpc) is 3.48. The normalized spacial score (nSPS) is 16.1. The quantitative estimate of drug-likeness (QED) is 0.0732. The lowest BCUT2D eigenvalue weighted by molar-refractivity contribution is -0.0435. The second-order valence-electron chi connectivity index (χ2n) is 14.0. The van der Waals surface area contributed by atoms with Gasteiger partial charge in [0.2, 0.25) is 0 Å². The molecular weight excluding hydrogens is 793 g/mol. The number of hydrogen-bond acceptors (Lipinski definition) is 9. The number of alkyl halides is 3. The number of carbonyl (C=O) groups excluding carboxylic acids is 1. The zero-order chi connectivity index (χ0) is 40.3. The van der Waals surface area contributed by atoms with Crippen molar-refractivity contribution in [1.82, 2.24) is 9.47 Å². The number of hydrazine groups is 1. The first-order chi connectivity index (χ1) is 27.3. The van der Waals surface area contributed by atoms with Crippen molar-refractivity contribution in [3.63, 3.8) is 0 Å². The highest BCUT2D eigenvalue weighted by atomic mass is 35.5. The number of aldehydes is 1. The van der Waals surface area contributed by atoms with Gasteiger partial charge in [-0.1, -0.05) is 48.0 Å². The topological polar surface area (TPSA) is 98.7 Å². The number of piperazine rings is 1. The van der Waals surface area contributed by atoms with Crippen molar-refractivity contribution in [2.45, 2.75) is 43.0 Å². The molecule has 298 valence electrons. The summed E-state index contributed by atoms with van der Waals surface area (Å²) >= 11 is 7.26. The molecule has 0 unspecified atom stereocenters. The Bertz CT molecular complexity index is 2380. The van der Waals surface area contributed by atoms with Crippen molar-refractivity contribution in [3.05, 3.63) is 130 Å². The summed E-state index contributed by atoms with van der Waals surface area (Å²) in [5, 5.41) is 0.653. The van der Waals surface area contributed by atoms with Crippen molar-refractivity contribution < 1.29 is 26.4 Å². The number of anilines is 4. The van der Waals surface area contributed by atoms with E-state index in [0.717, 1.165) is 115 Å². The molecule has 2 heterocycles. The van der Waals surface area contributed by atoms with E-state index in [1.165, 1.54) is 17.8 Å². The van der Waals surface area contributed by atoms with Crippen molar-refractivity contribution in [1.29, 1.82) is 0 Å². The van der Waals surface area contributed by atoms with Gasteiger partial charge in [-0.15, -0.1) is 0 Å². The van der Waals surface area contributed by atoms with Crippen LogP contribution in [0.3, 0.4) is 0 Å². The molecule has 2 aliphatic carbocycles. The number of rotatable bonds is 12. The van der Waals surface area contributed by atoms with Gasteiger partial charge in [-0.05, 0) is 116 Å². The summed E-state index contributed by atoms with van der Waals surface area (Å²) in [6.07, 6.45) is 14.6. The molecule has 0 saturated carbocycles. The van der Waals surface area contributed by atoms with E-state index in [2.05, 4.69) is 42.1 Å². The maximum absolute atomic E-state index is 13.7. The standard InChI is InChI=1S/C42H42ClF3N6O3S2/c1-28-37(27-53)40(41(50(28)2)29-11-13-31(43)14-12-29)30-7-6-8-35(25-30)52-23-21-51(22-24-52)34-18-15-32(16-19-34)47-48-33-17-20-38(49-56-36-9-4-3-5-10-36)39(26-33)57(54,55)42(44,45)46/h4,7,9-20,25-27,47-49H,3,5-6,8,21-24H2,1-2H3. The fourth-order valence-corrected chi connectivity index (χ4v) is 9.18. The number of sulfone groups is 1. The lowest BCUT2D eigenvalue weighted by Crippen LogP contribution is -2.46. The van der Waals surface area contributed by atoms with Crippen LogP contribution in [-0.2, 0) is 16.9 Å². The average molecular weight is 835 g/mol. The molecule has 9 nitrogen and oxygen atoms in total. The van der Waals surface area contributed by atoms with Crippen molar-refractivity contribution >= 4 is 68.0 Å². The minimum absolute atomic E-state index is 0.145. The molecule has 3 aromatic carbocycles. The summed E-state index contributed by atoms with van der Waals surface area (Å²) in [6.45, 7) is 5.20. The third kappa shape index (κ3) is 8.63. The molecule has 0 spiro atoms. The summed E-state index contributed by atoms with van der Waals surface area (Å²) in [4.78, 5) is 17.0. The van der Waals surface area contributed by atoms with Crippen LogP contribution in [0.1, 0.15) is 47.3 Å². The number of nitrogens with zero attached hydrogens (tertiary/aromatic N) is 3. The minimum Gasteiger partial charge on any atom is -0.371 e. The van der Waals surface area contributed by atoms with Gasteiger partial charge in [-0.3, -0.25) is 4.79 Å². The zero-order valence-electron chi connectivity index (χ0n) is 31.4. The second kappa shape index (κ2) is 16.8. The van der Waals surface area contributed by atoms with Crippen LogP contribution in [0.5, 0.6) is 0 Å². The molecule has 0 bridgehead atoms. The van der Waals surface area contributed by atoms with Gasteiger partial charge in [0.25, 0.3) is 9.84 Å². The smallest absolute Gasteiger partial charge is 0.371 e. The molecule has 1 fully saturated rings. The maximum atomic E-state index is 13.7. The molecule has 4 aromatic rings. The van der Waals surface area contributed by atoms with Crippen molar-refractivity contribution in [3.8, 4) is 11.3 Å². The lowest BCUT2D eigenvalue weighted by atomic mass is 9.92. The highest BCUT2D eigenvalue weighted by molar-refractivity contribution is 8.04. The Balaban J connectivity index is 0.993. The lowest BCUT2D eigenvalue weighted by Gasteiger charge is -2.39. The minimum atomic E-state index is -5.64. The summed E-state index contributed by atoms with van der Waals surface area (Å²) < 4.78 is 71.0. The summed E-state index contributed by atoms with van der Waals surface area (Å²) in [5.74, 6) is 0. The Hall–Kier alpha value is -5.05. The molecule has 3 N–H and O–H groups in total. The van der Waals surface area contributed by atoms with Crippen LogP contribution in [0.25, 0.3) is 16.8 Å². The summed E-state index contributed by atoms with van der Waals surface area (Å²) in [7, 11) is -3.66. The van der Waals surface area contributed by atoms with E-state index in [1.54, 1.807) is 0 Å². The number of aromatic nitrogens is 1. The third-order valence-electron chi connectivity index (χ3n) is 10.4. The Kier molecular flexibility index (Phi) is 11.8. The largest absolute Gasteiger partial charge is 0.501 e. The van der Waals surface area contributed by atoms with E-state index >= 15 is 0 Å². The van der Waals surface area contributed by atoms with Gasteiger partial charge in [0, 0.05) is 71.4 Å². The number of allylic oxidation sites excluding steroid dienone is 7. The number of hydrogen-bond donors (Lipinski definition) is 3. The van der Waals surface area contributed by atoms with Gasteiger partial charge >= 0.3 is 5.51 Å². The van der Waals surface area contributed by atoms with Crippen LogP contribution in [0.4, 0.5) is 35.9 Å². The SMILES string of the molecule is Cc1c(C=O)c(C2=CCCC(N3CCN(c4ccc(NNc5ccc(NSC6=CCCC=C6)c(S(=O)(=O)C(F)(F)F)c5)cc4)CC3)=C2)c(-c2ccc(Cl)cc2)n1C. The summed E-state index contributed by atoms with van der Waals surface area (Å²) in [5.41, 5.74) is 8.79. The number of halogens is 4. The fourth-order valence-electron chi connectivity index (χ4n) is 7.28.